The van der Waals surface area contributed by atoms with Crippen molar-refractivity contribution in [1.82, 2.24) is 0 Å². The summed E-state index contributed by atoms with van der Waals surface area (Å²) in [7, 11) is 0. The molecule has 1 aromatic heterocycles. The summed E-state index contributed by atoms with van der Waals surface area (Å²) in [5.74, 6) is -0.494. The molecule has 4 heteroatoms. The fourth-order valence-corrected chi connectivity index (χ4v) is 2.35. The van der Waals surface area contributed by atoms with Crippen molar-refractivity contribution < 1.29 is 9.18 Å². The molecule has 0 unspecified atom stereocenters. The van der Waals surface area contributed by atoms with Crippen molar-refractivity contribution in [3.8, 4) is 10.4 Å². The van der Waals surface area contributed by atoms with Crippen LogP contribution in [0.4, 0.5) is 4.39 Å². The molecular weight excluding hydrogens is 235 g/mol. The van der Waals surface area contributed by atoms with Crippen molar-refractivity contribution in [1.29, 1.82) is 0 Å². The first kappa shape index (κ1) is 10.3. The molecule has 0 spiro atoms. The molecule has 0 fully saturated rings. The highest BCUT2D eigenvalue weighted by molar-refractivity contribution is 7.19. The Kier molecular flexibility index (Phi) is 2.84. The third kappa shape index (κ3) is 1.94. The Morgan fingerprint density at radius 3 is 2.67 bits per heavy atom. The highest BCUT2D eigenvalue weighted by Crippen LogP contribution is 2.33. The molecule has 0 saturated carbocycles. The topological polar surface area (TPSA) is 17.1 Å². The molecule has 2 aromatic rings. The molecule has 0 aliphatic heterocycles. The van der Waals surface area contributed by atoms with Gasteiger partial charge in [-0.1, -0.05) is 23.7 Å². The number of hydrogen-bond acceptors (Lipinski definition) is 2. The second-order valence-electron chi connectivity index (χ2n) is 2.93. The average Bonchev–Trinajstić information content (AvgIpc) is 2.65. The highest BCUT2D eigenvalue weighted by atomic mass is 35.5. The van der Waals surface area contributed by atoms with E-state index in [2.05, 4.69) is 0 Å². The molecule has 0 atom stereocenters. The molecule has 0 aliphatic carbocycles. The van der Waals surface area contributed by atoms with E-state index in [9.17, 15) is 9.18 Å². The van der Waals surface area contributed by atoms with Crippen LogP contribution in [0.3, 0.4) is 0 Å². The van der Waals surface area contributed by atoms with Crippen LogP contribution >= 0.6 is 22.9 Å². The Morgan fingerprint density at radius 1 is 1.27 bits per heavy atom. The lowest BCUT2D eigenvalue weighted by Gasteiger charge is -2.01. The normalized spacial score (nSPS) is 10.3. The van der Waals surface area contributed by atoms with Gasteiger partial charge in [-0.15, -0.1) is 11.3 Å². The summed E-state index contributed by atoms with van der Waals surface area (Å²) in [5, 5.41) is 0. The van der Waals surface area contributed by atoms with Crippen LogP contribution in [0.15, 0.2) is 30.3 Å². The summed E-state index contributed by atoms with van der Waals surface area (Å²) in [4.78, 5) is 11.3. The van der Waals surface area contributed by atoms with Gasteiger partial charge in [-0.2, -0.15) is 0 Å². The van der Waals surface area contributed by atoms with Gasteiger partial charge < -0.3 is 0 Å². The van der Waals surface area contributed by atoms with E-state index in [1.165, 1.54) is 17.4 Å². The van der Waals surface area contributed by atoms with Gasteiger partial charge in [0.05, 0.1) is 9.90 Å². The zero-order chi connectivity index (χ0) is 10.8. The SMILES string of the molecule is O=Cc1cccc(-c2ccc(Cl)s2)c1F. The maximum Gasteiger partial charge on any atom is 0.153 e. The smallest absolute Gasteiger partial charge is 0.153 e. The minimum absolute atomic E-state index is 0.0667. The monoisotopic (exact) mass is 240 g/mol. The van der Waals surface area contributed by atoms with Gasteiger partial charge in [0.1, 0.15) is 5.82 Å². The number of benzene rings is 1. The van der Waals surface area contributed by atoms with Crippen molar-refractivity contribution >= 4 is 29.2 Å². The molecule has 0 bridgehead atoms. The molecule has 0 N–H and O–H groups in total. The van der Waals surface area contributed by atoms with E-state index < -0.39 is 5.82 Å². The van der Waals surface area contributed by atoms with Crippen molar-refractivity contribution in [2.24, 2.45) is 0 Å². The number of rotatable bonds is 2. The second kappa shape index (κ2) is 4.13. The predicted octanol–water partition coefficient (Wildman–Crippen LogP) is 4.02. The van der Waals surface area contributed by atoms with Crippen LogP contribution in [0.1, 0.15) is 10.4 Å². The lowest BCUT2D eigenvalue weighted by Crippen LogP contribution is -1.89. The highest BCUT2D eigenvalue weighted by Gasteiger charge is 2.10. The largest absolute Gasteiger partial charge is 0.298 e. The van der Waals surface area contributed by atoms with Crippen LogP contribution in [0, 0.1) is 5.82 Å². The summed E-state index contributed by atoms with van der Waals surface area (Å²) in [6.07, 6.45) is 0.508. The van der Waals surface area contributed by atoms with Crippen molar-refractivity contribution in [3.63, 3.8) is 0 Å². The molecule has 1 nitrogen and oxygen atoms in total. The van der Waals surface area contributed by atoms with Crippen LogP contribution in [0.5, 0.6) is 0 Å². The van der Waals surface area contributed by atoms with Gasteiger partial charge in [0.25, 0.3) is 0 Å². The van der Waals surface area contributed by atoms with Gasteiger partial charge >= 0.3 is 0 Å². The molecule has 0 aliphatic rings. The summed E-state index contributed by atoms with van der Waals surface area (Å²) in [5.41, 5.74) is 0.480. The third-order valence-corrected chi connectivity index (χ3v) is 3.26. The van der Waals surface area contributed by atoms with Crippen molar-refractivity contribution in [2.45, 2.75) is 0 Å². The number of carbonyl (C=O) groups is 1. The van der Waals surface area contributed by atoms with E-state index in [4.69, 9.17) is 11.6 Å². The van der Waals surface area contributed by atoms with E-state index in [0.717, 1.165) is 4.88 Å². The minimum Gasteiger partial charge on any atom is -0.298 e. The van der Waals surface area contributed by atoms with Gasteiger partial charge in [0.2, 0.25) is 0 Å². The maximum absolute atomic E-state index is 13.7. The zero-order valence-electron chi connectivity index (χ0n) is 7.54. The van der Waals surface area contributed by atoms with Gasteiger partial charge in [-0.05, 0) is 18.2 Å². The van der Waals surface area contributed by atoms with E-state index in [0.29, 0.717) is 16.2 Å². The number of carbonyl (C=O) groups excluding carboxylic acids is 1. The Balaban J connectivity index is 2.58. The Labute approximate surface area is 95.1 Å². The molecule has 2 rings (SSSR count). The number of thiophene rings is 1. The number of aldehydes is 1. The van der Waals surface area contributed by atoms with Crippen LogP contribution < -0.4 is 0 Å². The fourth-order valence-electron chi connectivity index (χ4n) is 1.29. The standard InChI is InChI=1S/C11H6ClFOS/c12-10-5-4-9(15-10)8-3-1-2-7(6-14)11(8)13/h1-6H. The molecule has 1 heterocycles. The van der Waals surface area contributed by atoms with Crippen molar-refractivity contribution in [2.75, 3.05) is 0 Å². The molecule has 76 valence electrons. The summed E-state index contributed by atoms with van der Waals surface area (Å²) in [6, 6.07) is 8.16. The van der Waals surface area contributed by atoms with E-state index in [-0.39, 0.29) is 5.56 Å². The quantitative estimate of drug-likeness (QED) is 0.725. The van der Waals surface area contributed by atoms with Gasteiger partial charge in [0.15, 0.2) is 6.29 Å². The minimum atomic E-state index is -0.494. The maximum atomic E-state index is 13.7. The summed E-state index contributed by atoms with van der Waals surface area (Å²) in [6.45, 7) is 0. The number of halogens is 2. The van der Waals surface area contributed by atoms with E-state index >= 15 is 0 Å². The lowest BCUT2D eigenvalue weighted by molar-refractivity contribution is 0.112. The molecular formula is C11H6ClFOS. The Hall–Kier alpha value is -1.19. The zero-order valence-corrected chi connectivity index (χ0v) is 9.11. The first-order chi connectivity index (χ1) is 7.22. The van der Waals surface area contributed by atoms with Crippen molar-refractivity contribution in [3.05, 3.63) is 46.0 Å². The molecule has 0 amide bonds. The molecule has 1 aromatic carbocycles. The average molecular weight is 241 g/mol. The molecule has 0 radical (unpaired) electrons. The molecule has 0 saturated heterocycles. The van der Waals surface area contributed by atoms with Gasteiger partial charge in [-0.25, -0.2) is 4.39 Å². The lowest BCUT2D eigenvalue weighted by atomic mass is 10.1. The first-order valence-electron chi connectivity index (χ1n) is 4.22. The fraction of sp³-hybridized carbons (Fsp3) is 0. The van der Waals surface area contributed by atoms with Gasteiger partial charge in [-0.3, -0.25) is 4.79 Å². The van der Waals surface area contributed by atoms with Crippen LogP contribution in [0.25, 0.3) is 10.4 Å². The Bertz CT molecular complexity index is 507. The Morgan fingerprint density at radius 2 is 2.07 bits per heavy atom. The second-order valence-corrected chi connectivity index (χ2v) is 4.65. The summed E-state index contributed by atoms with van der Waals surface area (Å²) >= 11 is 7.05. The molecule has 15 heavy (non-hydrogen) atoms. The first-order valence-corrected chi connectivity index (χ1v) is 5.41. The van der Waals surface area contributed by atoms with Gasteiger partial charge in [0, 0.05) is 10.4 Å². The van der Waals surface area contributed by atoms with E-state index in [1.54, 1.807) is 24.3 Å². The summed E-state index contributed by atoms with van der Waals surface area (Å²) < 4.78 is 14.3. The number of hydrogen-bond donors (Lipinski definition) is 0. The van der Waals surface area contributed by atoms with E-state index in [1.807, 2.05) is 0 Å². The van der Waals surface area contributed by atoms with Crippen LogP contribution in [0.2, 0.25) is 4.34 Å². The predicted molar refractivity (Wildman–Crippen MR) is 60.1 cm³/mol. The third-order valence-electron chi connectivity index (χ3n) is 1.99. The van der Waals surface area contributed by atoms with Crippen LogP contribution in [-0.4, -0.2) is 6.29 Å². The van der Waals surface area contributed by atoms with Crippen LogP contribution in [-0.2, 0) is 0 Å².